The molecule has 0 radical (unpaired) electrons. The van der Waals surface area contributed by atoms with Crippen molar-refractivity contribution in [3.8, 4) is 0 Å². The highest BCUT2D eigenvalue weighted by Gasteiger charge is 2.13. The Kier molecular flexibility index (Phi) is 4.66. The second-order valence-corrected chi connectivity index (χ2v) is 5.39. The van der Waals surface area contributed by atoms with E-state index in [0.717, 1.165) is 24.6 Å². The number of amides is 1. The van der Waals surface area contributed by atoms with Crippen LogP contribution in [0.15, 0.2) is 18.2 Å². The van der Waals surface area contributed by atoms with Crippen LogP contribution in [0.3, 0.4) is 0 Å². The van der Waals surface area contributed by atoms with Gasteiger partial charge in [0.2, 0.25) is 0 Å². The summed E-state index contributed by atoms with van der Waals surface area (Å²) in [5, 5.41) is 3.30. The maximum Gasteiger partial charge on any atom is 0.250 e. The maximum absolute atomic E-state index is 11.3. The van der Waals surface area contributed by atoms with Crippen molar-refractivity contribution in [2.45, 2.75) is 38.5 Å². The van der Waals surface area contributed by atoms with E-state index in [1.165, 1.54) is 32.1 Å². The van der Waals surface area contributed by atoms with Crippen molar-refractivity contribution < 1.29 is 4.79 Å². The lowest BCUT2D eigenvalue weighted by Crippen LogP contribution is -2.17. The second kappa shape index (κ2) is 6.45. The third kappa shape index (κ3) is 3.88. The average Bonchev–Trinajstić information content (AvgIpc) is 2.39. The van der Waals surface area contributed by atoms with Crippen LogP contribution in [-0.2, 0) is 0 Å². The van der Waals surface area contributed by atoms with E-state index in [-0.39, 0.29) is 0 Å². The Bertz CT molecular complexity index is 439. The minimum Gasteiger partial charge on any atom is -0.399 e. The van der Waals surface area contributed by atoms with Gasteiger partial charge in [-0.15, -0.1) is 0 Å². The molecule has 4 nitrogen and oxygen atoms in total. The predicted molar refractivity (Wildman–Crippen MR) is 79.1 cm³/mol. The SMILES string of the molecule is NC(=O)c1ccc(N)cc1NCCC1CCCCC1. The highest BCUT2D eigenvalue weighted by atomic mass is 16.1. The number of nitrogens with two attached hydrogens (primary N) is 2. The first-order chi connectivity index (χ1) is 9.16. The van der Waals surface area contributed by atoms with E-state index < -0.39 is 5.91 Å². The molecular formula is C15H23N3O. The van der Waals surface area contributed by atoms with Gasteiger partial charge in [-0.05, 0) is 30.5 Å². The fourth-order valence-corrected chi connectivity index (χ4v) is 2.81. The van der Waals surface area contributed by atoms with Gasteiger partial charge in [-0.3, -0.25) is 4.79 Å². The summed E-state index contributed by atoms with van der Waals surface area (Å²) >= 11 is 0. The number of nitrogens with one attached hydrogen (secondary N) is 1. The van der Waals surface area contributed by atoms with Crippen LogP contribution in [0.4, 0.5) is 11.4 Å². The molecule has 1 saturated carbocycles. The summed E-state index contributed by atoms with van der Waals surface area (Å²) in [6.45, 7) is 0.869. The lowest BCUT2D eigenvalue weighted by atomic mass is 9.87. The molecule has 0 aliphatic heterocycles. The summed E-state index contributed by atoms with van der Waals surface area (Å²) in [4.78, 5) is 11.3. The Morgan fingerprint density at radius 2 is 2.00 bits per heavy atom. The molecule has 1 amide bonds. The van der Waals surface area contributed by atoms with E-state index in [1.807, 2.05) is 0 Å². The number of primary amides is 1. The average molecular weight is 261 g/mol. The Morgan fingerprint density at radius 1 is 1.26 bits per heavy atom. The number of benzene rings is 1. The zero-order valence-electron chi connectivity index (χ0n) is 11.3. The van der Waals surface area contributed by atoms with Gasteiger partial charge < -0.3 is 16.8 Å². The number of carbonyl (C=O) groups excluding carboxylic acids is 1. The van der Waals surface area contributed by atoms with Crippen molar-refractivity contribution in [3.63, 3.8) is 0 Å². The topological polar surface area (TPSA) is 81.1 Å². The van der Waals surface area contributed by atoms with E-state index in [1.54, 1.807) is 18.2 Å². The summed E-state index contributed by atoms with van der Waals surface area (Å²) in [5.74, 6) is 0.402. The molecule has 5 N–H and O–H groups in total. The highest BCUT2D eigenvalue weighted by molar-refractivity contribution is 5.99. The molecule has 0 atom stereocenters. The molecule has 104 valence electrons. The molecule has 2 rings (SSSR count). The number of rotatable bonds is 5. The van der Waals surface area contributed by atoms with Crippen molar-refractivity contribution in [2.75, 3.05) is 17.6 Å². The summed E-state index contributed by atoms with van der Waals surface area (Å²) in [5.41, 5.74) is 13.0. The van der Waals surface area contributed by atoms with Crippen LogP contribution in [-0.4, -0.2) is 12.5 Å². The molecule has 0 aromatic heterocycles. The lowest BCUT2D eigenvalue weighted by Gasteiger charge is -2.22. The Labute approximate surface area is 114 Å². The smallest absolute Gasteiger partial charge is 0.250 e. The Hall–Kier alpha value is -1.71. The molecule has 0 bridgehead atoms. The van der Waals surface area contributed by atoms with Gasteiger partial charge in [-0.25, -0.2) is 0 Å². The summed E-state index contributed by atoms with van der Waals surface area (Å²) in [6, 6.07) is 5.16. The van der Waals surface area contributed by atoms with Crippen molar-refractivity contribution in [3.05, 3.63) is 23.8 Å². The predicted octanol–water partition coefficient (Wildman–Crippen LogP) is 2.75. The van der Waals surface area contributed by atoms with Crippen molar-refractivity contribution in [2.24, 2.45) is 11.7 Å². The fourth-order valence-electron chi connectivity index (χ4n) is 2.81. The monoisotopic (exact) mass is 261 g/mol. The molecule has 1 aliphatic rings. The summed E-state index contributed by atoms with van der Waals surface area (Å²) in [7, 11) is 0. The van der Waals surface area contributed by atoms with Crippen LogP contribution in [0.1, 0.15) is 48.9 Å². The molecule has 1 aromatic carbocycles. The van der Waals surface area contributed by atoms with E-state index >= 15 is 0 Å². The standard InChI is InChI=1S/C15H23N3O/c16-12-6-7-13(15(17)19)14(10-12)18-9-8-11-4-2-1-3-5-11/h6-7,10-11,18H,1-5,8-9,16H2,(H2,17,19). The number of anilines is 2. The zero-order chi connectivity index (χ0) is 13.7. The van der Waals surface area contributed by atoms with Gasteiger partial charge in [0.25, 0.3) is 5.91 Å². The van der Waals surface area contributed by atoms with Crippen molar-refractivity contribution in [1.82, 2.24) is 0 Å². The van der Waals surface area contributed by atoms with Gasteiger partial charge in [0.1, 0.15) is 0 Å². The molecular weight excluding hydrogens is 238 g/mol. The van der Waals surface area contributed by atoms with Gasteiger partial charge in [0, 0.05) is 17.9 Å². The normalized spacial score (nSPS) is 16.2. The fraction of sp³-hybridized carbons (Fsp3) is 0.533. The van der Waals surface area contributed by atoms with Gasteiger partial charge in [-0.1, -0.05) is 32.1 Å². The molecule has 19 heavy (non-hydrogen) atoms. The first-order valence-corrected chi connectivity index (χ1v) is 7.10. The van der Waals surface area contributed by atoms with Gasteiger partial charge in [0.15, 0.2) is 0 Å². The molecule has 0 unspecified atom stereocenters. The molecule has 1 aliphatic carbocycles. The van der Waals surface area contributed by atoms with E-state index in [9.17, 15) is 4.79 Å². The van der Waals surface area contributed by atoms with Gasteiger partial charge >= 0.3 is 0 Å². The zero-order valence-corrected chi connectivity index (χ0v) is 11.3. The van der Waals surface area contributed by atoms with Crippen LogP contribution in [0.5, 0.6) is 0 Å². The molecule has 1 fully saturated rings. The minimum absolute atomic E-state index is 0.417. The minimum atomic E-state index is -0.417. The van der Waals surface area contributed by atoms with Gasteiger partial charge in [-0.2, -0.15) is 0 Å². The van der Waals surface area contributed by atoms with E-state index in [0.29, 0.717) is 11.3 Å². The number of hydrogen-bond acceptors (Lipinski definition) is 3. The van der Waals surface area contributed by atoms with Crippen LogP contribution < -0.4 is 16.8 Å². The van der Waals surface area contributed by atoms with E-state index in [2.05, 4.69) is 5.32 Å². The van der Waals surface area contributed by atoms with E-state index in [4.69, 9.17) is 11.5 Å². The number of hydrogen-bond donors (Lipinski definition) is 3. The third-order valence-electron chi connectivity index (χ3n) is 3.90. The third-order valence-corrected chi connectivity index (χ3v) is 3.90. The van der Waals surface area contributed by atoms with Crippen molar-refractivity contribution in [1.29, 1.82) is 0 Å². The quantitative estimate of drug-likeness (QED) is 0.713. The van der Waals surface area contributed by atoms with Crippen LogP contribution in [0.2, 0.25) is 0 Å². The number of carbonyl (C=O) groups is 1. The molecule has 1 aromatic rings. The van der Waals surface area contributed by atoms with Crippen molar-refractivity contribution >= 4 is 17.3 Å². The Morgan fingerprint density at radius 3 is 2.68 bits per heavy atom. The van der Waals surface area contributed by atoms with Crippen LogP contribution in [0, 0.1) is 5.92 Å². The lowest BCUT2D eigenvalue weighted by molar-refractivity contribution is 0.100. The first kappa shape index (κ1) is 13.7. The summed E-state index contributed by atoms with van der Waals surface area (Å²) < 4.78 is 0. The number of nitrogen functional groups attached to an aromatic ring is 1. The molecule has 0 spiro atoms. The summed E-state index contributed by atoms with van der Waals surface area (Å²) in [6.07, 6.45) is 7.91. The maximum atomic E-state index is 11.3. The largest absolute Gasteiger partial charge is 0.399 e. The van der Waals surface area contributed by atoms with Crippen LogP contribution >= 0.6 is 0 Å². The second-order valence-electron chi connectivity index (χ2n) is 5.39. The molecule has 0 saturated heterocycles. The first-order valence-electron chi connectivity index (χ1n) is 7.10. The van der Waals surface area contributed by atoms with Gasteiger partial charge in [0.05, 0.1) is 5.56 Å². The Balaban J connectivity index is 1.91. The van der Waals surface area contributed by atoms with Crippen LogP contribution in [0.25, 0.3) is 0 Å². The highest BCUT2D eigenvalue weighted by Crippen LogP contribution is 2.26. The molecule has 0 heterocycles. The molecule has 4 heteroatoms.